The van der Waals surface area contributed by atoms with E-state index in [1.54, 1.807) is 0 Å². The predicted molar refractivity (Wildman–Crippen MR) is 112 cm³/mol. The number of benzene rings is 3. The largest absolute Gasteiger partial charge is 0.301 e. The number of carbonyl (C=O) groups excluding carboxylic acids is 1. The van der Waals surface area contributed by atoms with Crippen LogP contribution in [-0.2, 0) is 4.79 Å². The highest BCUT2D eigenvalue weighted by atomic mass is 32.1. The van der Waals surface area contributed by atoms with Gasteiger partial charge in [0, 0.05) is 0 Å². The number of aryl methyl sites for hydroxylation is 2. The molecule has 0 aliphatic carbocycles. The number of hydrogen-bond acceptors (Lipinski definition) is 3. The van der Waals surface area contributed by atoms with E-state index in [1.165, 1.54) is 16.9 Å². The van der Waals surface area contributed by atoms with Crippen LogP contribution in [0.2, 0.25) is 0 Å². The summed E-state index contributed by atoms with van der Waals surface area (Å²) < 4.78 is 1.10. The molecule has 4 rings (SSSR count). The van der Waals surface area contributed by atoms with Gasteiger partial charge in [0.1, 0.15) is 0 Å². The molecular weight excluding hydrogens is 352 g/mol. The summed E-state index contributed by atoms with van der Waals surface area (Å²) >= 11 is 1.52. The van der Waals surface area contributed by atoms with Gasteiger partial charge in [-0.15, -0.1) is 0 Å². The van der Waals surface area contributed by atoms with E-state index in [4.69, 9.17) is 0 Å². The number of thiazole rings is 1. The second-order valence-corrected chi connectivity index (χ2v) is 7.72. The average molecular weight is 372 g/mol. The van der Waals surface area contributed by atoms with Gasteiger partial charge in [0.25, 0.3) is 0 Å². The summed E-state index contributed by atoms with van der Waals surface area (Å²) in [4.78, 5) is 17.8. The van der Waals surface area contributed by atoms with E-state index in [2.05, 4.69) is 36.3 Å². The van der Waals surface area contributed by atoms with Crippen LogP contribution in [0.1, 0.15) is 28.2 Å². The van der Waals surface area contributed by atoms with Crippen molar-refractivity contribution in [1.82, 2.24) is 4.98 Å². The maximum atomic E-state index is 13.2. The summed E-state index contributed by atoms with van der Waals surface area (Å²) in [6.45, 7) is 4.13. The molecule has 0 saturated carbocycles. The highest BCUT2D eigenvalue weighted by Crippen LogP contribution is 2.31. The fourth-order valence-corrected chi connectivity index (χ4v) is 4.43. The summed E-state index contributed by atoms with van der Waals surface area (Å²) in [5, 5.41) is 3.68. The molecule has 0 atom stereocenters. The number of anilines is 1. The molecule has 4 aromatic rings. The third kappa shape index (κ3) is 3.62. The zero-order valence-electron chi connectivity index (χ0n) is 15.3. The molecule has 3 nitrogen and oxygen atoms in total. The Bertz CT molecular complexity index is 1050. The number of aromatic nitrogens is 1. The van der Waals surface area contributed by atoms with Gasteiger partial charge in [-0.1, -0.05) is 78.1 Å². The summed E-state index contributed by atoms with van der Waals surface area (Å²) in [5.41, 5.74) is 5.22. The van der Waals surface area contributed by atoms with Gasteiger partial charge in [0.05, 0.1) is 16.1 Å². The number of carbonyl (C=O) groups is 1. The van der Waals surface area contributed by atoms with Crippen LogP contribution in [0.3, 0.4) is 0 Å². The Balaban J connectivity index is 1.69. The normalized spacial score (nSPS) is 11.1. The quantitative estimate of drug-likeness (QED) is 0.500. The van der Waals surface area contributed by atoms with Crippen molar-refractivity contribution in [1.29, 1.82) is 0 Å². The molecule has 1 N–H and O–H groups in total. The number of amides is 1. The highest BCUT2D eigenvalue weighted by molar-refractivity contribution is 7.22. The lowest BCUT2D eigenvalue weighted by atomic mass is 9.90. The first-order valence-electron chi connectivity index (χ1n) is 8.90. The third-order valence-electron chi connectivity index (χ3n) is 4.59. The molecule has 1 amide bonds. The maximum absolute atomic E-state index is 13.2. The van der Waals surface area contributed by atoms with Crippen molar-refractivity contribution in [2.75, 3.05) is 5.32 Å². The lowest BCUT2D eigenvalue weighted by molar-refractivity contribution is -0.116. The molecule has 0 fully saturated rings. The Hall–Kier alpha value is -2.98. The lowest BCUT2D eigenvalue weighted by Gasteiger charge is -2.16. The molecular formula is C23H20N2OS. The third-order valence-corrected chi connectivity index (χ3v) is 5.51. The SMILES string of the molecule is Cc1cc(C)c2nc(NC(=O)C(c3ccccc3)c3ccccc3)sc2c1. The summed E-state index contributed by atoms with van der Waals surface area (Å²) in [6, 6.07) is 23.9. The fourth-order valence-electron chi connectivity index (χ4n) is 3.39. The Morgan fingerprint density at radius 3 is 2.11 bits per heavy atom. The van der Waals surface area contributed by atoms with E-state index < -0.39 is 0 Å². The Kier molecular flexibility index (Phi) is 4.73. The van der Waals surface area contributed by atoms with E-state index in [1.807, 2.05) is 60.7 Å². The van der Waals surface area contributed by atoms with Crippen molar-refractivity contribution in [2.45, 2.75) is 19.8 Å². The van der Waals surface area contributed by atoms with Crippen molar-refractivity contribution in [3.8, 4) is 0 Å². The second-order valence-electron chi connectivity index (χ2n) is 6.69. The van der Waals surface area contributed by atoms with Gasteiger partial charge in [-0.25, -0.2) is 4.98 Å². The van der Waals surface area contributed by atoms with Crippen molar-refractivity contribution in [3.63, 3.8) is 0 Å². The Labute approximate surface area is 162 Å². The minimum Gasteiger partial charge on any atom is -0.301 e. The maximum Gasteiger partial charge on any atom is 0.238 e. The Morgan fingerprint density at radius 2 is 1.52 bits per heavy atom. The van der Waals surface area contributed by atoms with Crippen molar-refractivity contribution < 1.29 is 4.79 Å². The van der Waals surface area contributed by atoms with Crippen LogP contribution < -0.4 is 5.32 Å². The second kappa shape index (κ2) is 7.33. The lowest BCUT2D eigenvalue weighted by Crippen LogP contribution is -2.22. The molecule has 1 heterocycles. The predicted octanol–water partition coefficient (Wildman–Crippen LogP) is 5.68. The first-order chi connectivity index (χ1) is 13.1. The molecule has 134 valence electrons. The molecule has 0 bridgehead atoms. The first kappa shape index (κ1) is 17.4. The van der Waals surface area contributed by atoms with E-state index in [9.17, 15) is 4.79 Å². The van der Waals surface area contributed by atoms with Crippen LogP contribution in [0.4, 0.5) is 5.13 Å². The summed E-state index contributed by atoms with van der Waals surface area (Å²) in [6.07, 6.45) is 0. The van der Waals surface area contributed by atoms with Gasteiger partial charge in [-0.2, -0.15) is 0 Å². The van der Waals surface area contributed by atoms with Gasteiger partial charge < -0.3 is 5.32 Å². The number of hydrogen-bond donors (Lipinski definition) is 1. The van der Waals surface area contributed by atoms with E-state index in [0.29, 0.717) is 5.13 Å². The molecule has 0 aliphatic rings. The molecule has 27 heavy (non-hydrogen) atoms. The number of nitrogens with zero attached hydrogens (tertiary/aromatic N) is 1. The molecule has 0 spiro atoms. The molecule has 3 aromatic carbocycles. The smallest absolute Gasteiger partial charge is 0.238 e. The molecule has 4 heteroatoms. The van der Waals surface area contributed by atoms with Crippen molar-refractivity contribution in [2.24, 2.45) is 0 Å². The average Bonchev–Trinajstić information content (AvgIpc) is 3.06. The number of nitrogens with one attached hydrogen (secondary N) is 1. The van der Waals surface area contributed by atoms with E-state index in [-0.39, 0.29) is 11.8 Å². The highest BCUT2D eigenvalue weighted by Gasteiger charge is 2.23. The molecule has 1 aromatic heterocycles. The van der Waals surface area contributed by atoms with Crippen LogP contribution in [-0.4, -0.2) is 10.9 Å². The van der Waals surface area contributed by atoms with Crippen molar-refractivity contribution >= 4 is 32.6 Å². The molecule has 0 aliphatic heterocycles. The first-order valence-corrected chi connectivity index (χ1v) is 9.72. The molecule has 0 radical (unpaired) electrons. The fraction of sp³-hybridized carbons (Fsp3) is 0.130. The monoisotopic (exact) mass is 372 g/mol. The van der Waals surface area contributed by atoms with Gasteiger partial charge in [0.15, 0.2) is 5.13 Å². The number of rotatable bonds is 4. The Morgan fingerprint density at radius 1 is 0.926 bits per heavy atom. The molecule has 0 saturated heterocycles. The van der Waals surface area contributed by atoms with Crippen LogP contribution in [0.5, 0.6) is 0 Å². The summed E-state index contributed by atoms with van der Waals surface area (Å²) in [7, 11) is 0. The minimum atomic E-state index is -0.373. The van der Waals surface area contributed by atoms with E-state index >= 15 is 0 Å². The zero-order chi connectivity index (χ0) is 18.8. The zero-order valence-corrected chi connectivity index (χ0v) is 16.1. The van der Waals surface area contributed by atoms with Crippen LogP contribution in [0.25, 0.3) is 10.2 Å². The van der Waals surface area contributed by atoms with Crippen LogP contribution >= 0.6 is 11.3 Å². The standard InChI is InChI=1S/C23H20N2OS/c1-15-13-16(2)21-19(14-15)27-23(24-21)25-22(26)20(17-9-5-3-6-10-17)18-11-7-4-8-12-18/h3-14,20H,1-2H3,(H,24,25,26). The number of fused-ring (bicyclic) bond motifs is 1. The molecule has 0 unspecified atom stereocenters. The van der Waals surface area contributed by atoms with E-state index in [0.717, 1.165) is 26.9 Å². The summed E-state index contributed by atoms with van der Waals surface area (Å²) in [5.74, 6) is -0.442. The van der Waals surface area contributed by atoms with Gasteiger partial charge in [-0.3, -0.25) is 4.79 Å². The van der Waals surface area contributed by atoms with Crippen LogP contribution in [0, 0.1) is 13.8 Å². The van der Waals surface area contributed by atoms with Crippen LogP contribution in [0.15, 0.2) is 72.8 Å². The van der Waals surface area contributed by atoms with Gasteiger partial charge >= 0.3 is 0 Å². The van der Waals surface area contributed by atoms with Gasteiger partial charge in [0.2, 0.25) is 5.91 Å². The topological polar surface area (TPSA) is 42.0 Å². The van der Waals surface area contributed by atoms with Gasteiger partial charge in [-0.05, 0) is 42.2 Å². The minimum absolute atomic E-state index is 0.0687. The van der Waals surface area contributed by atoms with Crippen molar-refractivity contribution in [3.05, 3.63) is 95.1 Å².